The predicted octanol–water partition coefficient (Wildman–Crippen LogP) is 6.26. The molecule has 31 heavy (non-hydrogen) atoms. The Labute approximate surface area is 191 Å². The first kappa shape index (κ1) is 21.1. The van der Waals surface area contributed by atoms with Gasteiger partial charge in [0, 0.05) is 27.2 Å². The molecule has 0 fully saturated rings. The summed E-state index contributed by atoms with van der Waals surface area (Å²) in [5.41, 5.74) is 2.23. The topological polar surface area (TPSA) is 92.4 Å². The molecule has 0 radical (unpaired) electrons. The Morgan fingerprint density at radius 3 is 2.48 bits per heavy atom. The largest absolute Gasteiger partial charge is 0.481 e. The van der Waals surface area contributed by atoms with Crippen molar-refractivity contribution in [2.24, 2.45) is 0 Å². The number of aliphatic carboxylic acids is 1. The first-order valence-corrected chi connectivity index (χ1v) is 10.7. The van der Waals surface area contributed by atoms with E-state index in [1.165, 1.54) is 11.3 Å². The lowest BCUT2D eigenvalue weighted by Gasteiger charge is -2.08. The number of carboxylic acids is 1. The fourth-order valence-electron chi connectivity index (χ4n) is 2.85. The Kier molecular flexibility index (Phi) is 6.08. The minimum atomic E-state index is -0.934. The van der Waals surface area contributed by atoms with Gasteiger partial charge in [0.25, 0.3) is 5.91 Å². The molecule has 4 rings (SSSR count). The van der Waals surface area contributed by atoms with E-state index in [0.29, 0.717) is 49.1 Å². The quantitative estimate of drug-likeness (QED) is 0.345. The molecule has 6 nitrogen and oxygen atoms in total. The van der Waals surface area contributed by atoms with Crippen LogP contribution in [0.15, 0.2) is 64.4 Å². The number of aromatic nitrogens is 1. The number of amides is 1. The minimum Gasteiger partial charge on any atom is -0.481 e. The molecule has 4 aromatic rings. The number of rotatable bonds is 6. The number of thiazole rings is 1. The second-order valence-electron chi connectivity index (χ2n) is 6.52. The van der Waals surface area contributed by atoms with Crippen molar-refractivity contribution in [1.82, 2.24) is 4.98 Å². The van der Waals surface area contributed by atoms with Gasteiger partial charge in [0.1, 0.15) is 16.5 Å². The van der Waals surface area contributed by atoms with E-state index in [9.17, 15) is 9.59 Å². The molecular weight excluding hydrogens is 459 g/mol. The van der Waals surface area contributed by atoms with E-state index < -0.39 is 5.97 Å². The molecule has 0 aliphatic heterocycles. The number of halogens is 2. The SMILES string of the molecule is O=C(O)Cc1nc(-c2ccc(-c3ccc(NC(=O)c4ccc(Cl)cc4)cc3Cl)o2)cs1. The van der Waals surface area contributed by atoms with Crippen molar-refractivity contribution in [2.75, 3.05) is 5.32 Å². The van der Waals surface area contributed by atoms with Crippen LogP contribution in [0.1, 0.15) is 15.4 Å². The molecule has 2 N–H and O–H groups in total. The highest BCUT2D eigenvalue weighted by Gasteiger charge is 2.15. The number of nitrogens with zero attached hydrogens (tertiary/aromatic N) is 1. The molecule has 9 heteroatoms. The molecule has 2 heterocycles. The zero-order chi connectivity index (χ0) is 22.0. The zero-order valence-corrected chi connectivity index (χ0v) is 18.1. The van der Waals surface area contributed by atoms with E-state index in [1.54, 1.807) is 60.0 Å². The lowest BCUT2D eigenvalue weighted by atomic mass is 10.1. The Bertz CT molecular complexity index is 1260. The van der Waals surface area contributed by atoms with Gasteiger partial charge in [0.15, 0.2) is 5.76 Å². The zero-order valence-electron chi connectivity index (χ0n) is 15.8. The lowest BCUT2D eigenvalue weighted by Crippen LogP contribution is -2.11. The van der Waals surface area contributed by atoms with Crippen LogP contribution in [-0.2, 0) is 11.2 Å². The molecule has 0 spiro atoms. The van der Waals surface area contributed by atoms with Crippen LogP contribution in [0.2, 0.25) is 10.0 Å². The molecule has 1 amide bonds. The van der Waals surface area contributed by atoms with E-state index in [4.69, 9.17) is 32.7 Å². The smallest absolute Gasteiger partial charge is 0.310 e. The Hall–Kier alpha value is -3.13. The summed E-state index contributed by atoms with van der Waals surface area (Å²) in [6.07, 6.45) is -0.132. The second-order valence-corrected chi connectivity index (χ2v) is 8.30. The average Bonchev–Trinajstić information content (AvgIpc) is 3.38. The van der Waals surface area contributed by atoms with Gasteiger partial charge in [-0.05, 0) is 54.6 Å². The monoisotopic (exact) mass is 472 g/mol. The van der Waals surface area contributed by atoms with Crippen molar-refractivity contribution >= 4 is 52.1 Å². The molecule has 2 aromatic heterocycles. The van der Waals surface area contributed by atoms with Gasteiger partial charge in [0.2, 0.25) is 0 Å². The summed E-state index contributed by atoms with van der Waals surface area (Å²) >= 11 is 13.5. The van der Waals surface area contributed by atoms with E-state index in [1.807, 2.05) is 0 Å². The van der Waals surface area contributed by atoms with E-state index in [2.05, 4.69) is 10.3 Å². The molecular formula is C22H14Cl2N2O4S. The maximum atomic E-state index is 12.4. The number of furan rings is 1. The van der Waals surface area contributed by atoms with Crippen molar-refractivity contribution in [3.8, 4) is 22.8 Å². The summed E-state index contributed by atoms with van der Waals surface area (Å²) < 4.78 is 5.87. The third kappa shape index (κ3) is 4.96. The van der Waals surface area contributed by atoms with Crippen molar-refractivity contribution in [3.63, 3.8) is 0 Å². The first-order valence-electron chi connectivity index (χ1n) is 9.02. The molecule has 0 bridgehead atoms. The van der Waals surface area contributed by atoms with Crippen molar-refractivity contribution < 1.29 is 19.1 Å². The summed E-state index contributed by atoms with van der Waals surface area (Å²) in [4.78, 5) is 27.5. The highest BCUT2D eigenvalue weighted by Crippen LogP contribution is 2.34. The number of anilines is 1. The average molecular weight is 473 g/mol. The van der Waals surface area contributed by atoms with Gasteiger partial charge in [-0.2, -0.15) is 0 Å². The Morgan fingerprint density at radius 1 is 1.03 bits per heavy atom. The molecule has 0 unspecified atom stereocenters. The van der Waals surface area contributed by atoms with Crippen LogP contribution in [0.25, 0.3) is 22.8 Å². The number of carboxylic acid groups (broad SMARTS) is 1. The maximum absolute atomic E-state index is 12.4. The third-order valence-corrected chi connectivity index (χ3v) is 5.72. The van der Waals surface area contributed by atoms with E-state index in [0.717, 1.165) is 0 Å². The maximum Gasteiger partial charge on any atom is 0.310 e. The van der Waals surface area contributed by atoms with Crippen LogP contribution in [0.5, 0.6) is 0 Å². The van der Waals surface area contributed by atoms with Crippen LogP contribution in [0, 0.1) is 0 Å². The molecule has 0 saturated heterocycles. The van der Waals surface area contributed by atoms with Gasteiger partial charge < -0.3 is 14.8 Å². The third-order valence-electron chi connectivity index (χ3n) is 4.31. The van der Waals surface area contributed by atoms with Crippen molar-refractivity contribution in [2.45, 2.75) is 6.42 Å². The summed E-state index contributed by atoms with van der Waals surface area (Å²) in [5.74, 6) is -0.167. The van der Waals surface area contributed by atoms with E-state index in [-0.39, 0.29) is 12.3 Å². The number of benzene rings is 2. The minimum absolute atomic E-state index is 0.132. The number of carbonyl (C=O) groups excluding carboxylic acids is 1. The fourth-order valence-corrected chi connectivity index (χ4v) is 4.03. The molecule has 156 valence electrons. The normalized spacial score (nSPS) is 10.8. The van der Waals surface area contributed by atoms with Gasteiger partial charge in [-0.15, -0.1) is 11.3 Å². The summed E-state index contributed by atoms with van der Waals surface area (Å²) in [5, 5.41) is 14.9. The number of hydrogen-bond acceptors (Lipinski definition) is 5. The van der Waals surface area contributed by atoms with Gasteiger partial charge in [-0.1, -0.05) is 23.2 Å². The summed E-state index contributed by atoms with van der Waals surface area (Å²) in [7, 11) is 0. The van der Waals surface area contributed by atoms with Crippen LogP contribution >= 0.6 is 34.5 Å². The standard InChI is InChI=1S/C22H14Cl2N2O4S/c23-13-3-1-12(2-4-13)22(29)25-14-5-6-15(16(24)9-14)18-7-8-19(30-18)17-11-31-20(26-17)10-21(27)28/h1-9,11H,10H2,(H,25,29)(H,27,28). The first-order chi connectivity index (χ1) is 14.9. The highest BCUT2D eigenvalue weighted by molar-refractivity contribution is 7.10. The van der Waals surface area contributed by atoms with Crippen LogP contribution in [-0.4, -0.2) is 22.0 Å². The fraction of sp³-hybridized carbons (Fsp3) is 0.0455. The number of nitrogens with one attached hydrogen (secondary N) is 1. The number of carbonyl (C=O) groups is 2. The summed E-state index contributed by atoms with van der Waals surface area (Å²) in [6, 6.07) is 15.2. The van der Waals surface area contributed by atoms with Crippen LogP contribution < -0.4 is 5.32 Å². The molecule has 0 aliphatic rings. The predicted molar refractivity (Wildman–Crippen MR) is 121 cm³/mol. The molecule has 0 atom stereocenters. The second kappa shape index (κ2) is 8.93. The molecule has 0 saturated carbocycles. The van der Waals surface area contributed by atoms with Crippen LogP contribution in [0.3, 0.4) is 0 Å². The van der Waals surface area contributed by atoms with Gasteiger partial charge in [-0.3, -0.25) is 9.59 Å². The van der Waals surface area contributed by atoms with Crippen LogP contribution in [0.4, 0.5) is 5.69 Å². The van der Waals surface area contributed by atoms with Crippen molar-refractivity contribution in [3.05, 3.63) is 80.6 Å². The Balaban J connectivity index is 1.51. The van der Waals surface area contributed by atoms with Crippen molar-refractivity contribution in [1.29, 1.82) is 0 Å². The Morgan fingerprint density at radius 2 is 1.77 bits per heavy atom. The van der Waals surface area contributed by atoms with Gasteiger partial charge in [-0.25, -0.2) is 4.98 Å². The number of hydrogen-bond donors (Lipinski definition) is 2. The van der Waals surface area contributed by atoms with E-state index >= 15 is 0 Å². The van der Waals surface area contributed by atoms with Gasteiger partial charge >= 0.3 is 5.97 Å². The molecule has 0 aliphatic carbocycles. The highest BCUT2D eigenvalue weighted by atomic mass is 35.5. The summed E-state index contributed by atoms with van der Waals surface area (Å²) in [6.45, 7) is 0. The van der Waals surface area contributed by atoms with Gasteiger partial charge in [0.05, 0.1) is 11.4 Å². The lowest BCUT2D eigenvalue weighted by molar-refractivity contribution is -0.136. The molecule has 2 aromatic carbocycles.